The van der Waals surface area contributed by atoms with Crippen LogP contribution < -0.4 is 5.32 Å². The zero-order valence-electron chi connectivity index (χ0n) is 10.4. The second-order valence-corrected chi connectivity index (χ2v) is 5.05. The molecular weight excluding hydrogens is 234 g/mol. The maximum atomic E-state index is 11.2. The number of nitrogens with one attached hydrogen (secondary N) is 1. The van der Waals surface area contributed by atoms with Crippen LogP contribution in [0.25, 0.3) is 0 Å². The van der Waals surface area contributed by atoms with Gasteiger partial charge in [-0.3, -0.25) is 4.79 Å². The molecule has 0 fully saturated rings. The Bertz CT molecular complexity index is 360. The first-order valence-electron chi connectivity index (χ1n) is 5.69. The highest BCUT2D eigenvalue weighted by Crippen LogP contribution is 2.12. The van der Waals surface area contributed by atoms with Crippen molar-refractivity contribution in [2.24, 2.45) is 0 Å². The van der Waals surface area contributed by atoms with Crippen LogP contribution in [-0.2, 0) is 16.1 Å². The molecule has 94 valence electrons. The van der Waals surface area contributed by atoms with Crippen LogP contribution in [0, 0.1) is 0 Å². The Kier molecular flexibility index (Phi) is 5.35. The minimum absolute atomic E-state index is 0.294. The average molecular weight is 253 g/mol. The maximum Gasteiger partial charge on any atom is 0.318 e. The van der Waals surface area contributed by atoms with Crippen molar-refractivity contribution < 1.29 is 9.53 Å². The van der Waals surface area contributed by atoms with E-state index in [1.54, 1.807) is 6.92 Å². The van der Waals surface area contributed by atoms with Crippen LogP contribution in [0.4, 0.5) is 5.69 Å². The Hall–Kier alpha value is -1.16. The Morgan fingerprint density at radius 2 is 1.88 bits per heavy atom. The highest BCUT2D eigenvalue weighted by molar-refractivity contribution is 7.81. The number of anilines is 1. The van der Waals surface area contributed by atoms with E-state index in [0.717, 1.165) is 11.3 Å². The molecule has 1 rings (SSSR count). The van der Waals surface area contributed by atoms with Crippen LogP contribution in [-0.4, -0.2) is 17.3 Å². The van der Waals surface area contributed by atoms with Gasteiger partial charge in [0, 0.05) is 11.7 Å². The van der Waals surface area contributed by atoms with Crippen LogP contribution in [0.1, 0.15) is 26.3 Å². The SMILES string of the molecule is CC(C)Nc1ccc(COC(=O)C(C)S)cc1. The summed E-state index contributed by atoms with van der Waals surface area (Å²) in [6.45, 7) is 6.17. The molecule has 1 N–H and O–H groups in total. The third kappa shape index (κ3) is 5.13. The number of carbonyl (C=O) groups is 1. The summed E-state index contributed by atoms with van der Waals surface area (Å²) in [5.74, 6) is -0.294. The Labute approximate surface area is 108 Å². The average Bonchev–Trinajstić information content (AvgIpc) is 2.26. The van der Waals surface area contributed by atoms with Crippen molar-refractivity contribution in [2.75, 3.05) is 5.32 Å². The van der Waals surface area contributed by atoms with Gasteiger partial charge in [-0.05, 0) is 38.5 Å². The molecule has 0 saturated heterocycles. The summed E-state index contributed by atoms with van der Waals surface area (Å²) in [4.78, 5) is 11.2. The van der Waals surface area contributed by atoms with Gasteiger partial charge >= 0.3 is 5.97 Å². The highest BCUT2D eigenvalue weighted by atomic mass is 32.1. The topological polar surface area (TPSA) is 38.3 Å². The molecule has 0 aliphatic heterocycles. The van der Waals surface area contributed by atoms with Crippen molar-refractivity contribution in [3.05, 3.63) is 29.8 Å². The lowest BCUT2D eigenvalue weighted by Gasteiger charge is -2.11. The molecule has 0 amide bonds. The van der Waals surface area contributed by atoms with Gasteiger partial charge < -0.3 is 10.1 Å². The number of rotatable bonds is 5. The van der Waals surface area contributed by atoms with Crippen LogP contribution >= 0.6 is 12.6 Å². The fourth-order valence-electron chi connectivity index (χ4n) is 1.31. The van der Waals surface area contributed by atoms with E-state index in [4.69, 9.17) is 4.74 Å². The molecule has 0 aromatic heterocycles. The van der Waals surface area contributed by atoms with Gasteiger partial charge in [0.25, 0.3) is 0 Å². The number of carbonyl (C=O) groups excluding carboxylic acids is 1. The van der Waals surface area contributed by atoms with E-state index < -0.39 is 0 Å². The molecule has 0 radical (unpaired) electrons. The van der Waals surface area contributed by atoms with Gasteiger partial charge in [-0.2, -0.15) is 12.6 Å². The number of hydrogen-bond acceptors (Lipinski definition) is 4. The number of benzene rings is 1. The summed E-state index contributed by atoms with van der Waals surface area (Å²) in [5.41, 5.74) is 2.04. The summed E-state index contributed by atoms with van der Waals surface area (Å²) in [6, 6.07) is 8.26. The zero-order valence-corrected chi connectivity index (χ0v) is 11.3. The van der Waals surface area contributed by atoms with Crippen molar-refractivity contribution in [1.29, 1.82) is 0 Å². The molecular formula is C13H19NO2S. The molecule has 0 aliphatic carbocycles. The lowest BCUT2D eigenvalue weighted by molar-refractivity contribution is -0.143. The molecule has 3 nitrogen and oxygen atoms in total. The predicted octanol–water partition coefficient (Wildman–Crippen LogP) is 2.87. The van der Waals surface area contributed by atoms with Gasteiger partial charge in [-0.15, -0.1) is 0 Å². The largest absolute Gasteiger partial charge is 0.460 e. The summed E-state index contributed by atoms with van der Waals surface area (Å²) >= 11 is 4.01. The molecule has 0 bridgehead atoms. The fourth-order valence-corrected chi connectivity index (χ4v) is 1.38. The summed E-state index contributed by atoms with van der Waals surface area (Å²) < 4.78 is 5.07. The highest BCUT2D eigenvalue weighted by Gasteiger charge is 2.08. The summed E-state index contributed by atoms with van der Waals surface area (Å²) in [6.07, 6.45) is 0. The molecule has 17 heavy (non-hydrogen) atoms. The predicted molar refractivity (Wildman–Crippen MR) is 73.4 cm³/mol. The van der Waals surface area contributed by atoms with Crippen LogP contribution in [0.3, 0.4) is 0 Å². The zero-order chi connectivity index (χ0) is 12.8. The molecule has 1 atom stereocenters. The molecule has 4 heteroatoms. The molecule has 1 aromatic carbocycles. The van der Waals surface area contributed by atoms with E-state index in [9.17, 15) is 4.79 Å². The second kappa shape index (κ2) is 6.55. The number of thiol groups is 1. The fraction of sp³-hybridized carbons (Fsp3) is 0.462. The molecule has 1 aromatic rings. The Morgan fingerprint density at radius 1 is 1.29 bits per heavy atom. The summed E-state index contributed by atoms with van der Waals surface area (Å²) in [7, 11) is 0. The van der Waals surface area contributed by atoms with E-state index in [1.807, 2.05) is 24.3 Å². The smallest absolute Gasteiger partial charge is 0.318 e. The molecule has 0 spiro atoms. The van der Waals surface area contributed by atoms with Crippen molar-refractivity contribution in [1.82, 2.24) is 0 Å². The second-order valence-electron chi connectivity index (χ2n) is 4.28. The van der Waals surface area contributed by atoms with Gasteiger partial charge in [-0.25, -0.2) is 0 Å². The Morgan fingerprint density at radius 3 is 2.35 bits per heavy atom. The van der Waals surface area contributed by atoms with Gasteiger partial charge in [0.15, 0.2) is 0 Å². The standard InChI is InChI=1S/C13H19NO2S/c1-9(2)14-12-6-4-11(5-7-12)8-16-13(15)10(3)17/h4-7,9-10,14,17H,8H2,1-3H3. The molecule has 0 heterocycles. The van der Waals surface area contributed by atoms with Crippen molar-refractivity contribution in [3.8, 4) is 0 Å². The van der Waals surface area contributed by atoms with Gasteiger partial charge in [-0.1, -0.05) is 12.1 Å². The lowest BCUT2D eigenvalue weighted by Crippen LogP contribution is -2.14. The minimum Gasteiger partial charge on any atom is -0.460 e. The van der Waals surface area contributed by atoms with Crippen LogP contribution in [0.2, 0.25) is 0 Å². The van der Waals surface area contributed by atoms with Crippen molar-refractivity contribution in [3.63, 3.8) is 0 Å². The van der Waals surface area contributed by atoms with Gasteiger partial charge in [0.05, 0.1) is 5.25 Å². The lowest BCUT2D eigenvalue weighted by atomic mass is 10.2. The van der Waals surface area contributed by atoms with Crippen LogP contribution in [0.5, 0.6) is 0 Å². The van der Waals surface area contributed by atoms with E-state index >= 15 is 0 Å². The van der Waals surface area contributed by atoms with Crippen molar-refractivity contribution >= 4 is 24.3 Å². The number of esters is 1. The number of hydrogen-bond donors (Lipinski definition) is 2. The number of ether oxygens (including phenoxy) is 1. The molecule has 0 saturated carbocycles. The van der Waals surface area contributed by atoms with Gasteiger partial charge in [0.1, 0.15) is 6.61 Å². The maximum absolute atomic E-state index is 11.2. The van der Waals surface area contributed by atoms with E-state index in [2.05, 4.69) is 31.8 Å². The van der Waals surface area contributed by atoms with E-state index in [0.29, 0.717) is 12.6 Å². The molecule has 1 unspecified atom stereocenters. The Balaban J connectivity index is 2.48. The third-order valence-electron chi connectivity index (χ3n) is 2.13. The normalized spacial score (nSPS) is 12.3. The van der Waals surface area contributed by atoms with E-state index in [1.165, 1.54) is 0 Å². The summed E-state index contributed by atoms with van der Waals surface area (Å²) in [5, 5.41) is 2.92. The van der Waals surface area contributed by atoms with Crippen molar-refractivity contribution in [2.45, 2.75) is 38.7 Å². The first-order valence-corrected chi connectivity index (χ1v) is 6.21. The van der Waals surface area contributed by atoms with E-state index in [-0.39, 0.29) is 11.2 Å². The first kappa shape index (κ1) is 13.9. The van der Waals surface area contributed by atoms with Gasteiger partial charge in [0.2, 0.25) is 0 Å². The third-order valence-corrected chi connectivity index (χ3v) is 2.34. The monoisotopic (exact) mass is 253 g/mol. The quantitative estimate of drug-likeness (QED) is 0.626. The molecule has 0 aliphatic rings. The first-order chi connectivity index (χ1) is 7.99. The minimum atomic E-state index is -0.378. The van der Waals surface area contributed by atoms with Crippen LogP contribution in [0.15, 0.2) is 24.3 Å².